The maximum absolute atomic E-state index is 14.1. The first kappa shape index (κ1) is 29.4. The van der Waals surface area contributed by atoms with E-state index in [0.717, 1.165) is 10.1 Å². The molecule has 1 saturated heterocycles. The number of fused-ring (bicyclic) bond motifs is 1. The number of thiophene rings is 1. The van der Waals surface area contributed by atoms with E-state index in [1.165, 1.54) is 34.7 Å². The van der Waals surface area contributed by atoms with Crippen LogP contribution in [0.2, 0.25) is 0 Å². The smallest absolute Gasteiger partial charge is 0.332 e. The van der Waals surface area contributed by atoms with Gasteiger partial charge in [-0.1, -0.05) is 18.2 Å². The number of carbonyl (C=O) groups is 1. The minimum atomic E-state index is -0.642. The number of nitrogens with zero attached hydrogens (tertiary/aromatic N) is 5. The predicted octanol–water partition coefficient (Wildman–Crippen LogP) is 3.25. The first-order valence-electron chi connectivity index (χ1n) is 13.5. The molecule has 1 aliphatic rings. The molecule has 1 amide bonds. The molecule has 42 heavy (non-hydrogen) atoms. The van der Waals surface area contributed by atoms with Crippen LogP contribution in [0.1, 0.15) is 30.1 Å². The first-order chi connectivity index (χ1) is 20.3. The lowest BCUT2D eigenvalue weighted by molar-refractivity contribution is -0.118. The molecule has 12 nitrogen and oxygen atoms in total. The van der Waals surface area contributed by atoms with Crippen molar-refractivity contribution in [2.24, 2.45) is 4.99 Å². The Morgan fingerprint density at radius 1 is 1.24 bits per heavy atom. The summed E-state index contributed by atoms with van der Waals surface area (Å²) in [5, 5.41) is 0.307. The molecule has 0 N–H and O–H groups in total. The average molecular weight is 596 g/mol. The molecular formula is C29H33N5O7S. The van der Waals surface area contributed by atoms with E-state index in [9.17, 15) is 14.4 Å². The summed E-state index contributed by atoms with van der Waals surface area (Å²) in [5.41, 5.74) is 0.146. The van der Waals surface area contributed by atoms with Crippen LogP contribution in [0.5, 0.6) is 5.75 Å². The molecule has 1 aromatic carbocycles. The lowest BCUT2D eigenvalue weighted by Gasteiger charge is -2.29. The standard InChI is InChI=1S/C29H33N5O7S/c1-18-24-27(36)33(16-23(35)31-17-32(2)3)29(37)34(28(24)42-25(18)26-30-11-14-40-26)15-22(41-19-9-12-39-13-10-19)20-7-5-6-8-21(20)38-4/h5-8,11,14,17,19,22H,9-10,12-13,15-16H2,1-4H3/b31-17-/t22-/m0/s1. The van der Waals surface area contributed by atoms with Gasteiger partial charge in [-0.05, 0) is 31.4 Å². The van der Waals surface area contributed by atoms with Gasteiger partial charge in [-0.25, -0.2) is 14.8 Å². The average Bonchev–Trinajstić information content (AvgIpc) is 3.64. The zero-order chi connectivity index (χ0) is 29.8. The summed E-state index contributed by atoms with van der Waals surface area (Å²) in [6, 6.07) is 7.49. The van der Waals surface area contributed by atoms with Crippen molar-refractivity contribution in [3.63, 3.8) is 0 Å². The Hall–Kier alpha value is -4.07. The topological polar surface area (TPSA) is 130 Å². The van der Waals surface area contributed by atoms with Gasteiger partial charge in [0.1, 0.15) is 29.5 Å². The van der Waals surface area contributed by atoms with Gasteiger partial charge in [0.05, 0.1) is 42.6 Å². The van der Waals surface area contributed by atoms with Gasteiger partial charge in [-0.2, -0.15) is 0 Å². The van der Waals surface area contributed by atoms with Gasteiger partial charge in [0.2, 0.25) is 5.89 Å². The molecule has 0 spiro atoms. The Morgan fingerprint density at radius 3 is 2.69 bits per heavy atom. The van der Waals surface area contributed by atoms with Gasteiger partial charge in [0, 0.05) is 32.9 Å². The molecule has 0 unspecified atom stereocenters. The van der Waals surface area contributed by atoms with Crippen LogP contribution >= 0.6 is 11.3 Å². The number of carbonyl (C=O) groups excluding carboxylic acids is 1. The van der Waals surface area contributed by atoms with E-state index in [1.54, 1.807) is 33.0 Å². The highest BCUT2D eigenvalue weighted by molar-refractivity contribution is 7.22. The number of rotatable bonds is 10. The largest absolute Gasteiger partial charge is 0.496 e. The second-order valence-electron chi connectivity index (χ2n) is 10.1. The summed E-state index contributed by atoms with van der Waals surface area (Å²) >= 11 is 1.24. The van der Waals surface area contributed by atoms with E-state index >= 15 is 0 Å². The molecule has 0 aliphatic carbocycles. The SMILES string of the molecule is COc1ccccc1[C@H](Cn1c(=O)n(CC(=O)/N=C\N(C)C)c(=O)c2c(C)c(-c3ncco3)sc21)OC1CCOCC1. The summed E-state index contributed by atoms with van der Waals surface area (Å²) in [5.74, 6) is 0.322. The monoisotopic (exact) mass is 595 g/mol. The number of aryl methyl sites for hydroxylation is 1. The van der Waals surface area contributed by atoms with Crippen LogP contribution in [-0.2, 0) is 27.4 Å². The van der Waals surface area contributed by atoms with Crippen LogP contribution in [0.3, 0.4) is 0 Å². The van der Waals surface area contributed by atoms with Gasteiger partial charge >= 0.3 is 5.69 Å². The third kappa shape index (κ3) is 6.08. The Labute approximate surface area is 245 Å². The molecule has 0 bridgehead atoms. The fourth-order valence-electron chi connectivity index (χ4n) is 4.95. The van der Waals surface area contributed by atoms with Gasteiger partial charge in [-0.3, -0.25) is 18.7 Å². The number of benzene rings is 1. The Bertz CT molecular complexity index is 1700. The molecule has 3 aromatic heterocycles. The third-order valence-electron chi connectivity index (χ3n) is 7.01. The quantitative estimate of drug-likeness (QED) is 0.200. The normalized spacial score (nSPS) is 15.0. The van der Waals surface area contributed by atoms with E-state index in [-0.39, 0.29) is 12.6 Å². The molecule has 0 saturated carbocycles. The Morgan fingerprint density at radius 2 is 2.00 bits per heavy atom. The van der Waals surface area contributed by atoms with Crippen LogP contribution in [0.25, 0.3) is 21.0 Å². The first-order valence-corrected chi connectivity index (χ1v) is 14.4. The summed E-state index contributed by atoms with van der Waals surface area (Å²) in [7, 11) is 5.02. The molecule has 5 rings (SSSR count). The van der Waals surface area contributed by atoms with Crippen molar-refractivity contribution in [2.45, 2.75) is 45.1 Å². The van der Waals surface area contributed by atoms with Crippen LogP contribution in [0.4, 0.5) is 0 Å². The van der Waals surface area contributed by atoms with Gasteiger partial charge in [0.25, 0.3) is 11.5 Å². The van der Waals surface area contributed by atoms with Crippen LogP contribution in [0.15, 0.2) is 55.7 Å². The second-order valence-corrected chi connectivity index (χ2v) is 11.1. The fourth-order valence-corrected chi connectivity index (χ4v) is 6.19. The lowest BCUT2D eigenvalue weighted by Crippen LogP contribution is -2.42. The van der Waals surface area contributed by atoms with Gasteiger partial charge in [-0.15, -0.1) is 11.3 Å². The summed E-state index contributed by atoms with van der Waals surface area (Å²) in [4.78, 5) is 51.4. The molecule has 13 heteroatoms. The van der Waals surface area contributed by atoms with Crippen molar-refractivity contribution in [1.29, 1.82) is 0 Å². The second kappa shape index (κ2) is 12.8. The van der Waals surface area contributed by atoms with E-state index in [0.29, 0.717) is 58.4 Å². The molecule has 222 valence electrons. The Kier molecular flexibility index (Phi) is 9.00. The zero-order valence-corrected chi connectivity index (χ0v) is 24.8. The number of amides is 1. The van der Waals surface area contributed by atoms with Gasteiger partial charge < -0.3 is 23.5 Å². The van der Waals surface area contributed by atoms with E-state index in [4.69, 9.17) is 18.6 Å². The highest BCUT2D eigenvalue weighted by atomic mass is 32.1. The number of oxazole rings is 1. The van der Waals surface area contributed by atoms with Gasteiger partial charge in [0.15, 0.2) is 0 Å². The van der Waals surface area contributed by atoms with E-state index in [1.807, 2.05) is 24.3 Å². The lowest BCUT2D eigenvalue weighted by atomic mass is 10.1. The van der Waals surface area contributed by atoms with Crippen LogP contribution in [-0.4, -0.2) is 71.8 Å². The number of aliphatic imine (C=N–C) groups is 1. The third-order valence-corrected chi connectivity index (χ3v) is 8.31. The molecule has 0 radical (unpaired) electrons. The molecule has 4 heterocycles. The van der Waals surface area contributed by atoms with Crippen LogP contribution < -0.4 is 16.0 Å². The fraction of sp³-hybridized carbons (Fsp3) is 0.414. The number of hydrogen-bond donors (Lipinski definition) is 0. The van der Waals surface area contributed by atoms with E-state index < -0.39 is 29.8 Å². The van der Waals surface area contributed by atoms with Crippen molar-refractivity contribution in [3.05, 3.63) is 68.7 Å². The molecule has 1 atom stereocenters. The van der Waals surface area contributed by atoms with Crippen molar-refractivity contribution in [2.75, 3.05) is 34.4 Å². The zero-order valence-electron chi connectivity index (χ0n) is 23.9. The van der Waals surface area contributed by atoms with Crippen LogP contribution in [0, 0.1) is 6.92 Å². The minimum Gasteiger partial charge on any atom is -0.496 e. The van der Waals surface area contributed by atoms with Crippen molar-refractivity contribution in [3.8, 4) is 16.5 Å². The maximum atomic E-state index is 14.1. The molecule has 4 aromatic rings. The van der Waals surface area contributed by atoms with Crippen molar-refractivity contribution >= 4 is 33.8 Å². The number of ether oxygens (including phenoxy) is 3. The Balaban J connectivity index is 1.68. The molecule has 1 aliphatic heterocycles. The van der Waals surface area contributed by atoms with E-state index in [2.05, 4.69) is 9.98 Å². The summed E-state index contributed by atoms with van der Waals surface area (Å²) in [6.07, 6.45) is 5.02. The van der Waals surface area contributed by atoms with Crippen molar-refractivity contribution < 1.29 is 23.4 Å². The highest BCUT2D eigenvalue weighted by Crippen LogP contribution is 2.37. The maximum Gasteiger partial charge on any atom is 0.332 e. The predicted molar refractivity (Wildman–Crippen MR) is 158 cm³/mol. The minimum absolute atomic E-state index is 0.0630. The highest BCUT2D eigenvalue weighted by Gasteiger charge is 2.28. The summed E-state index contributed by atoms with van der Waals surface area (Å²) < 4.78 is 25.8. The molecular weight excluding hydrogens is 562 g/mol. The number of para-hydroxylation sites is 1. The summed E-state index contributed by atoms with van der Waals surface area (Å²) in [6.45, 7) is 2.49. The number of hydrogen-bond acceptors (Lipinski definition) is 9. The van der Waals surface area contributed by atoms with Crippen molar-refractivity contribution in [1.82, 2.24) is 19.0 Å². The molecule has 1 fully saturated rings. The number of aromatic nitrogens is 3. The number of methoxy groups -OCH3 is 1.